The molecule has 0 saturated heterocycles. The molecule has 2 rings (SSSR count). The molecule has 0 spiro atoms. The molecule has 0 aliphatic rings. The van der Waals surface area contributed by atoms with Crippen LogP contribution in [0, 0.1) is 11.3 Å². The third kappa shape index (κ3) is 3.01. The van der Waals surface area contributed by atoms with Crippen molar-refractivity contribution in [3.63, 3.8) is 0 Å². The Hall–Kier alpha value is -2.12. The van der Waals surface area contributed by atoms with Gasteiger partial charge in [-0.05, 0) is 32.4 Å². The van der Waals surface area contributed by atoms with Gasteiger partial charge in [0.25, 0.3) is 0 Å². The fraction of sp³-hybridized carbons (Fsp3) is 0.333. The minimum Gasteiger partial charge on any atom is -0.396 e. The molecule has 0 radical (unpaired) electrons. The molecule has 1 heterocycles. The van der Waals surface area contributed by atoms with E-state index < -0.39 is 0 Å². The lowest BCUT2D eigenvalue weighted by molar-refractivity contribution is 0.260. The smallest absolute Gasteiger partial charge is 0.128 e. The zero-order valence-electron chi connectivity index (χ0n) is 11.1. The predicted octanol–water partition coefficient (Wildman–Crippen LogP) is 2.68. The van der Waals surface area contributed by atoms with Crippen LogP contribution in [-0.4, -0.2) is 22.2 Å². The molecule has 0 aliphatic heterocycles. The third-order valence-corrected chi connectivity index (χ3v) is 3.04. The number of aliphatic hydroxyl groups is 1. The van der Waals surface area contributed by atoms with Crippen molar-refractivity contribution in [3.05, 3.63) is 35.9 Å². The molecular formula is C15H17N3O. The Kier molecular flexibility index (Phi) is 3.68. The van der Waals surface area contributed by atoms with Crippen molar-refractivity contribution in [2.45, 2.75) is 25.8 Å². The van der Waals surface area contributed by atoms with Gasteiger partial charge in [-0.15, -0.1) is 0 Å². The number of anilines is 1. The minimum atomic E-state index is -0.267. The number of rotatable bonds is 4. The molecule has 1 aromatic carbocycles. The van der Waals surface area contributed by atoms with E-state index in [1.807, 2.05) is 38.1 Å². The summed E-state index contributed by atoms with van der Waals surface area (Å²) in [5, 5.41) is 22.4. The van der Waals surface area contributed by atoms with Gasteiger partial charge in [-0.2, -0.15) is 5.26 Å². The van der Waals surface area contributed by atoms with Crippen LogP contribution in [-0.2, 0) is 0 Å². The summed E-state index contributed by atoms with van der Waals surface area (Å²) in [6, 6.07) is 11.5. The number of pyridine rings is 1. The van der Waals surface area contributed by atoms with E-state index in [4.69, 9.17) is 5.11 Å². The van der Waals surface area contributed by atoms with E-state index in [0.29, 0.717) is 17.8 Å². The van der Waals surface area contributed by atoms with Crippen LogP contribution in [0.1, 0.15) is 25.8 Å². The Labute approximate surface area is 112 Å². The number of nitrogens with zero attached hydrogens (tertiary/aromatic N) is 2. The van der Waals surface area contributed by atoms with Crippen molar-refractivity contribution in [2.75, 3.05) is 11.9 Å². The highest BCUT2D eigenvalue weighted by molar-refractivity contribution is 5.86. The third-order valence-electron chi connectivity index (χ3n) is 3.04. The number of aromatic nitrogens is 1. The Morgan fingerprint density at radius 3 is 2.79 bits per heavy atom. The first-order chi connectivity index (χ1) is 9.05. The second kappa shape index (κ2) is 5.25. The van der Waals surface area contributed by atoms with Crippen LogP contribution in [0.2, 0.25) is 0 Å². The number of fused-ring (bicyclic) bond motifs is 1. The van der Waals surface area contributed by atoms with Crippen LogP contribution in [0.25, 0.3) is 10.9 Å². The molecule has 0 saturated carbocycles. The normalized spacial score (nSPS) is 11.3. The first-order valence-corrected chi connectivity index (χ1v) is 6.25. The van der Waals surface area contributed by atoms with E-state index in [1.54, 1.807) is 6.07 Å². The summed E-state index contributed by atoms with van der Waals surface area (Å²) < 4.78 is 0. The molecule has 0 bridgehead atoms. The maximum absolute atomic E-state index is 9.22. The number of benzene rings is 1. The van der Waals surface area contributed by atoms with Gasteiger partial charge in [0, 0.05) is 17.5 Å². The van der Waals surface area contributed by atoms with Gasteiger partial charge in [0.1, 0.15) is 5.82 Å². The van der Waals surface area contributed by atoms with Crippen LogP contribution in [0.4, 0.5) is 5.82 Å². The average molecular weight is 255 g/mol. The number of para-hydroxylation sites is 1. The van der Waals surface area contributed by atoms with Gasteiger partial charge in [0.15, 0.2) is 0 Å². The SMILES string of the molecule is CC(C)(CCO)Nc1cc(C#N)c2ccccc2n1. The van der Waals surface area contributed by atoms with Crippen molar-refractivity contribution in [1.82, 2.24) is 4.98 Å². The van der Waals surface area contributed by atoms with Gasteiger partial charge < -0.3 is 10.4 Å². The molecule has 0 aliphatic carbocycles. The fourth-order valence-electron chi connectivity index (χ4n) is 2.02. The summed E-state index contributed by atoms with van der Waals surface area (Å²) in [4.78, 5) is 4.51. The van der Waals surface area contributed by atoms with Crippen LogP contribution in [0.15, 0.2) is 30.3 Å². The summed E-state index contributed by atoms with van der Waals surface area (Å²) >= 11 is 0. The lowest BCUT2D eigenvalue weighted by atomic mass is 10.0. The maximum Gasteiger partial charge on any atom is 0.128 e. The standard InChI is InChI=1S/C15H17N3O/c1-15(2,7-8-19)18-14-9-11(10-16)12-5-3-4-6-13(12)17-14/h3-6,9,19H,7-8H2,1-2H3,(H,17,18). The fourth-order valence-corrected chi connectivity index (χ4v) is 2.02. The van der Waals surface area contributed by atoms with Crippen molar-refractivity contribution in [1.29, 1.82) is 5.26 Å². The summed E-state index contributed by atoms with van der Waals surface area (Å²) in [6.45, 7) is 4.09. The molecule has 0 unspecified atom stereocenters. The maximum atomic E-state index is 9.22. The number of hydrogen-bond donors (Lipinski definition) is 2. The number of nitrogens with one attached hydrogen (secondary N) is 1. The Bertz CT molecular complexity index is 629. The Morgan fingerprint density at radius 1 is 1.37 bits per heavy atom. The average Bonchev–Trinajstić information content (AvgIpc) is 2.37. The molecule has 4 nitrogen and oxygen atoms in total. The minimum absolute atomic E-state index is 0.110. The first-order valence-electron chi connectivity index (χ1n) is 6.25. The molecular weight excluding hydrogens is 238 g/mol. The molecule has 19 heavy (non-hydrogen) atoms. The van der Waals surface area contributed by atoms with Crippen LogP contribution >= 0.6 is 0 Å². The Morgan fingerprint density at radius 2 is 2.11 bits per heavy atom. The monoisotopic (exact) mass is 255 g/mol. The van der Waals surface area contributed by atoms with Crippen molar-refractivity contribution >= 4 is 16.7 Å². The van der Waals surface area contributed by atoms with Gasteiger partial charge in [-0.25, -0.2) is 4.98 Å². The number of aliphatic hydroxyl groups excluding tert-OH is 1. The Balaban J connectivity index is 2.43. The molecule has 1 aromatic heterocycles. The van der Waals surface area contributed by atoms with Gasteiger partial charge in [0.05, 0.1) is 17.1 Å². The van der Waals surface area contributed by atoms with Crippen LogP contribution in [0.3, 0.4) is 0 Å². The topological polar surface area (TPSA) is 68.9 Å². The molecule has 2 N–H and O–H groups in total. The first kappa shape index (κ1) is 13.3. The van der Waals surface area contributed by atoms with Gasteiger partial charge in [0.2, 0.25) is 0 Å². The molecule has 0 atom stereocenters. The van der Waals surface area contributed by atoms with Gasteiger partial charge in [-0.3, -0.25) is 0 Å². The molecule has 4 heteroatoms. The predicted molar refractivity (Wildman–Crippen MR) is 75.9 cm³/mol. The summed E-state index contributed by atoms with van der Waals surface area (Å²) in [7, 11) is 0. The highest BCUT2D eigenvalue weighted by Gasteiger charge is 2.18. The lowest BCUT2D eigenvalue weighted by Gasteiger charge is -2.26. The van der Waals surface area contributed by atoms with Crippen LogP contribution in [0.5, 0.6) is 0 Å². The van der Waals surface area contributed by atoms with Crippen LogP contribution < -0.4 is 5.32 Å². The molecule has 98 valence electrons. The van der Waals surface area contributed by atoms with E-state index in [2.05, 4.69) is 16.4 Å². The van der Waals surface area contributed by atoms with E-state index in [0.717, 1.165) is 10.9 Å². The van der Waals surface area contributed by atoms with E-state index >= 15 is 0 Å². The quantitative estimate of drug-likeness (QED) is 0.881. The van der Waals surface area contributed by atoms with Crippen molar-refractivity contribution in [2.24, 2.45) is 0 Å². The van der Waals surface area contributed by atoms with E-state index in [9.17, 15) is 5.26 Å². The molecule has 0 amide bonds. The summed E-state index contributed by atoms with van der Waals surface area (Å²) in [5.74, 6) is 0.661. The van der Waals surface area contributed by atoms with E-state index in [1.165, 1.54) is 0 Å². The number of nitriles is 1. The zero-order chi connectivity index (χ0) is 13.9. The summed E-state index contributed by atoms with van der Waals surface area (Å²) in [5.41, 5.74) is 1.13. The second-order valence-corrected chi connectivity index (χ2v) is 5.17. The van der Waals surface area contributed by atoms with Crippen molar-refractivity contribution < 1.29 is 5.11 Å². The largest absolute Gasteiger partial charge is 0.396 e. The van der Waals surface area contributed by atoms with Gasteiger partial charge in [-0.1, -0.05) is 18.2 Å². The highest BCUT2D eigenvalue weighted by Crippen LogP contribution is 2.23. The summed E-state index contributed by atoms with van der Waals surface area (Å²) in [6.07, 6.45) is 0.614. The molecule has 0 fully saturated rings. The van der Waals surface area contributed by atoms with E-state index in [-0.39, 0.29) is 12.1 Å². The number of hydrogen-bond acceptors (Lipinski definition) is 4. The van der Waals surface area contributed by atoms with Crippen molar-refractivity contribution in [3.8, 4) is 6.07 Å². The lowest BCUT2D eigenvalue weighted by Crippen LogP contribution is -2.32. The second-order valence-electron chi connectivity index (χ2n) is 5.17. The zero-order valence-corrected chi connectivity index (χ0v) is 11.1. The highest BCUT2D eigenvalue weighted by atomic mass is 16.3. The molecule has 2 aromatic rings. The van der Waals surface area contributed by atoms with Gasteiger partial charge >= 0.3 is 0 Å².